The van der Waals surface area contributed by atoms with Crippen molar-refractivity contribution in [3.05, 3.63) is 41.6 Å². The molecule has 0 fully saturated rings. The molecule has 4 nitrogen and oxygen atoms in total. The van der Waals surface area contributed by atoms with Crippen molar-refractivity contribution in [2.45, 2.75) is 13.0 Å². The van der Waals surface area contributed by atoms with Crippen molar-refractivity contribution in [2.24, 2.45) is 0 Å². The van der Waals surface area contributed by atoms with E-state index in [1.165, 1.54) is 7.11 Å². The monoisotopic (exact) mass is 245 g/mol. The molecule has 0 bridgehead atoms. The van der Waals surface area contributed by atoms with Gasteiger partial charge in [0.1, 0.15) is 0 Å². The first-order chi connectivity index (χ1) is 8.67. The molecular formula is C14H15NO3. The summed E-state index contributed by atoms with van der Waals surface area (Å²) in [4.78, 5) is 15.9. The molecule has 1 unspecified atom stereocenters. The SMILES string of the molecule is COC(=O)c1ccnc2ccc(C(C)OC)cc12. The zero-order valence-electron chi connectivity index (χ0n) is 10.6. The highest BCUT2D eigenvalue weighted by molar-refractivity contribution is 6.03. The summed E-state index contributed by atoms with van der Waals surface area (Å²) < 4.78 is 10.0. The Balaban J connectivity index is 2.62. The van der Waals surface area contributed by atoms with Gasteiger partial charge in [-0.05, 0) is 30.7 Å². The zero-order chi connectivity index (χ0) is 13.1. The first-order valence-corrected chi connectivity index (χ1v) is 5.67. The van der Waals surface area contributed by atoms with E-state index in [1.807, 2.05) is 25.1 Å². The van der Waals surface area contributed by atoms with Gasteiger partial charge < -0.3 is 9.47 Å². The lowest BCUT2D eigenvalue weighted by molar-refractivity contribution is 0.0603. The highest BCUT2D eigenvalue weighted by Gasteiger charge is 2.12. The van der Waals surface area contributed by atoms with Gasteiger partial charge in [0.2, 0.25) is 0 Å². The molecule has 0 spiro atoms. The summed E-state index contributed by atoms with van der Waals surface area (Å²) in [6, 6.07) is 7.41. The Kier molecular flexibility index (Phi) is 3.58. The van der Waals surface area contributed by atoms with Gasteiger partial charge in [-0.2, -0.15) is 0 Å². The predicted octanol–water partition coefficient (Wildman–Crippen LogP) is 2.73. The van der Waals surface area contributed by atoms with Crippen LogP contribution in [0.25, 0.3) is 10.9 Å². The average molecular weight is 245 g/mol. The standard InChI is InChI=1S/C14H15NO3/c1-9(17-2)10-4-5-13-12(8-10)11(6-7-15-13)14(16)18-3/h4-9H,1-3H3. The molecule has 2 aromatic rings. The second-order valence-corrected chi connectivity index (χ2v) is 4.00. The van der Waals surface area contributed by atoms with Crippen molar-refractivity contribution < 1.29 is 14.3 Å². The van der Waals surface area contributed by atoms with Crippen LogP contribution in [0.2, 0.25) is 0 Å². The first-order valence-electron chi connectivity index (χ1n) is 5.67. The van der Waals surface area contributed by atoms with E-state index in [1.54, 1.807) is 19.4 Å². The van der Waals surface area contributed by atoms with Gasteiger partial charge in [0, 0.05) is 18.7 Å². The minimum absolute atomic E-state index is 0.0277. The summed E-state index contributed by atoms with van der Waals surface area (Å²) in [5, 5.41) is 0.783. The molecule has 4 heteroatoms. The number of esters is 1. The summed E-state index contributed by atoms with van der Waals surface area (Å²) in [5.74, 6) is -0.357. The second kappa shape index (κ2) is 5.14. The van der Waals surface area contributed by atoms with Crippen LogP contribution in [0.3, 0.4) is 0 Å². The highest BCUT2D eigenvalue weighted by atomic mass is 16.5. The van der Waals surface area contributed by atoms with Crippen LogP contribution in [-0.2, 0) is 9.47 Å². The third-order valence-electron chi connectivity index (χ3n) is 2.99. The first kappa shape index (κ1) is 12.5. The molecule has 0 radical (unpaired) electrons. The molecule has 0 saturated carbocycles. The molecule has 18 heavy (non-hydrogen) atoms. The molecule has 1 atom stereocenters. The number of methoxy groups -OCH3 is 2. The quantitative estimate of drug-likeness (QED) is 0.780. The molecule has 0 amide bonds. The van der Waals surface area contributed by atoms with Crippen molar-refractivity contribution in [2.75, 3.05) is 14.2 Å². The molecule has 94 valence electrons. The molecule has 0 aliphatic carbocycles. The summed E-state index contributed by atoms with van der Waals surface area (Å²) in [6.45, 7) is 1.95. The van der Waals surface area contributed by atoms with Gasteiger partial charge >= 0.3 is 5.97 Å². The minimum Gasteiger partial charge on any atom is -0.465 e. The maximum atomic E-state index is 11.7. The van der Waals surface area contributed by atoms with E-state index >= 15 is 0 Å². The highest BCUT2D eigenvalue weighted by Crippen LogP contribution is 2.23. The molecule has 0 aliphatic heterocycles. The van der Waals surface area contributed by atoms with Gasteiger partial charge in [-0.3, -0.25) is 4.98 Å². The fourth-order valence-electron chi connectivity index (χ4n) is 1.84. The lowest BCUT2D eigenvalue weighted by atomic mass is 10.0. The predicted molar refractivity (Wildman–Crippen MR) is 68.5 cm³/mol. The third kappa shape index (κ3) is 2.19. The number of rotatable bonds is 3. The molecule has 2 rings (SSSR count). The van der Waals surface area contributed by atoms with E-state index in [9.17, 15) is 4.79 Å². The maximum Gasteiger partial charge on any atom is 0.338 e. The van der Waals surface area contributed by atoms with Gasteiger partial charge in [-0.15, -0.1) is 0 Å². The number of aromatic nitrogens is 1. The molecule has 0 N–H and O–H groups in total. The molecule has 0 aliphatic rings. The van der Waals surface area contributed by atoms with Crippen LogP contribution >= 0.6 is 0 Å². The van der Waals surface area contributed by atoms with Gasteiger partial charge in [0.15, 0.2) is 0 Å². The number of fused-ring (bicyclic) bond motifs is 1. The molecule has 0 saturated heterocycles. The van der Waals surface area contributed by atoms with Crippen LogP contribution in [0.5, 0.6) is 0 Å². The van der Waals surface area contributed by atoms with Crippen molar-refractivity contribution in [1.82, 2.24) is 4.98 Å². The molecule has 1 aromatic carbocycles. The largest absolute Gasteiger partial charge is 0.465 e. The Labute approximate surface area is 106 Å². The van der Waals surface area contributed by atoms with Crippen molar-refractivity contribution in [1.29, 1.82) is 0 Å². The van der Waals surface area contributed by atoms with E-state index in [2.05, 4.69) is 4.98 Å². The van der Waals surface area contributed by atoms with E-state index in [0.717, 1.165) is 16.5 Å². The fourth-order valence-corrected chi connectivity index (χ4v) is 1.84. The van der Waals surface area contributed by atoms with Crippen molar-refractivity contribution in [3.63, 3.8) is 0 Å². The van der Waals surface area contributed by atoms with Crippen LogP contribution in [0.1, 0.15) is 28.9 Å². The minimum atomic E-state index is -0.357. The summed E-state index contributed by atoms with van der Waals surface area (Å²) in [5.41, 5.74) is 2.29. The third-order valence-corrected chi connectivity index (χ3v) is 2.99. The lowest BCUT2D eigenvalue weighted by Gasteiger charge is -2.11. The number of ether oxygens (including phenoxy) is 2. The Bertz CT molecular complexity index is 580. The van der Waals surface area contributed by atoms with E-state index in [0.29, 0.717) is 5.56 Å². The van der Waals surface area contributed by atoms with Crippen LogP contribution in [0, 0.1) is 0 Å². The number of hydrogen-bond acceptors (Lipinski definition) is 4. The zero-order valence-corrected chi connectivity index (χ0v) is 10.6. The fraction of sp³-hybridized carbons (Fsp3) is 0.286. The smallest absolute Gasteiger partial charge is 0.338 e. The summed E-state index contributed by atoms with van der Waals surface area (Å²) >= 11 is 0. The number of carbonyl (C=O) groups excluding carboxylic acids is 1. The molecule has 1 heterocycles. The summed E-state index contributed by atoms with van der Waals surface area (Å²) in [6.07, 6.45) is 1.58. The van der Waals surface area contributed by atoms with Crippen LogP contribution in [0.15, 0.2) is 30.5 Å². The maximum absolute atomic E-state index is 11.7. The van der Waals surface area contributed by atoms with E-state index in [4.69, 9.17) is 9.47 Å². The van der Waals surface area contributed by atoms with Gasteiger partial charge in [-0.25, -0.2) is 4.79 Å². The Hall–Kier alpha value is -1.94. The van der Waals surface area contributed by atoms with Crippen molar-refractivity contribution in [3.8, 4) is 0 Å². The Morgan fingerprint density at radius 2 is 2.06 bits per heavy atom. The van der Waals surface area contributed by atoms with Gasteiger partial charge in [0.05, 0.1) is 24.3 Å². The average Bonchev–Trinajstić information content (AvgIpc) is 2.44. The summed E-state index contributed by atoms with van der Waals surface area (Å²) in [7, 11) is 3.02. The molecule has 1 aromatic heterocycles. The van der Waals surface area contributed by atoms with E-state index < -0.39 is 0 Å². The van der Waals surface area contributed by atoms with Gasteiger partial charge in [-0.1, -0.05) is 6.07 Å². The number of pyridine rings is 1. The van der Waals surface area contributed by atoms with Gasteiger partial charge in [0.25, 0.3) is 0 Å². The van der Waals surface area contributed by atoms with Crippen LogP contribution in [0.4, 0.5) is 0 Å². The number of hydrogen-bond donors (Lipinski definition) is 0. The Morgan fingerprint density at radius 3 is 2.72 bits per heavy atom. The number of nitrogens with zero attached hydrogens (tertiary/aromatic N) is 1. The van der Waals surface area contributed by atoms with Crippen molar-refractivity contribution >= 4 is 16.9 Å². The lowest BCUT2D eigenvalue weighted by Crippen LogP contribution is -2.03. The number of benzene rings is 1. The number of carbonyl (C=O) groups is 1. The second-order valence-electron chi connectivity index (χ2n) is 4.00. The molecular weight excluding hydrogens is 230 g/mol. The van der Waals surface area contributed by atoms with Crippen LogP contribution in [-0.4, -0.2) is 25.2 Å². The normalized spacial score (nSPS) is 12.4. The Morgan fingerprint density at radius 1 is 1.28 bits per heavy atom. The topological polar surface area (TPSA) is 48.4 Å². The van der Waals surface area contributed by atoms with Crippen LogP contribution < -0.4 is 0 Å². The van der Waals surface area contributed by atoms with E-state index in [-0.39, 0.29) is 12.1 Å².